The van der Waals surface area contributed by atoms with Crippen molar-refractivity contribution in [3.63, 3.8) is 0 Å². The van der Waals surface area contributed by atoms with E-state index in [1.54, 1.807) is 38.5 Å². The van der Waals surface area contributed by atoms with Crippen LogP contribution in [0.3, 0.4) is 0 Å². The molecule has 170 valence electrons. The van der Waals surface area contributed by atoms with Crippen molar-refractivity contribution < 1.29 is 19.3 Å². The number of rotatable bonds is 12. The number of benzene rings is 3. The fraction of sp³-hybridized carbons (Fsp3) is 0.308. The largest absolute Gasteiger partial charge is 0.493 e. The van der Waals surface area contributed by atoms with Crippen molar-refractivity contribution in [2.45, 2.75) is 19.1 Å². The zero-order chi connectivity index (χ0) is 22.8. The highest BCUT2D eigenvalue weighted by atomic mass is 16.5. The molecular weight excluding hydrogens is 404 g/mol. The summed E-state index contributed by atoms with van der Waals surface area (Å²) in [5, 5.41) is 10.6. The van der Waals surface area contributed by atoms with Gasteiger partial charge in [-0.05, 0) is 53.9 Å². The lowest BCUT2D eigenvalue weighted by Gasteiger charge is -2.25. The van der Waals surface area contributed by atoms with E-state index in [-0.39, 0.29) is 6.61 Å². The van der Waals surface area contributed by atoms with Crippen LogP contribution < -0.4 is 19.9 Å². The predicted octanol–water partition coefficient (Wildman–Crippen LogP) is 3.77. The van der Waals surface area contributed by atoms with Crippen molar-refractivity contribution in [2.75, 3.05) is 39.6 Å². The SMILES string of the molecule is COc1ccc(CCN(Cc2ccccc2)CC(O)COc2ccc(N)cc2)cc1OC. The summed E-state index contributed by atoms with van der Waals surface area (Å²) >= 11 is 0. The summed E-state index contributed by atoms with van der Waals surface area (Å²) < 4.78 is 16.5. The molecule has 6 nitrogen and oxygen atoms in total. The number of anilines is 1. The zero-order valence-electron chi connectivity index (χ0n) is 18.7. The van der Waals surface area contributed by atoms with E-state index < -0.39 is 6.10 Å². The maximum absolute atomic E-state index is 10.6. The molecule has 3 aromatic carbocycles. The van der Waals surface area contributed by atoms with E-state index in [0.29, 0.717) is 23.7 Å². The highest BCUT2D eigenvalue weighted by molar-refractivity contribution is 5.43. The second-order valence-electron chi connectivity index (χ2n) is 7.69. The first-order valence-electron chi connectivity index (χ1n) is 10.7. The van der Waals surface area contributed by atoms with Gasteiger partial charge in [-0.3, -0.25) is 4.90 Å². The standard InChI is InChI=1S/C26H32N2O4/c1-30-25-13-8-20(16-26(25)31-2)14-15-28(17-21-6-4-3-5-7-21)18-23(29)19-32-24-11-9-22(27)10-12-24/h3-13,16,23,29H,14-15,17-19,27H2,1-2H3. The van der Waals surface area contributed by atoms with Crippen molar-refractivity contribution in [3.05, 3.63) is 83.9 Å². The Morgan fingerprint density at radius 2 is 1.59 bits per heavy atom. The summed E-state index contributed by atoms with van der Waals surface area (Å²) in [5.74, 6) is 2.13. The Balaban J connectivity index is 1.61. The minimum Gasteiger partial charge on any atom is -0.493 e. The third-order valence-electron chi connectivity index (χ3n) is 5.21. The monoisotopic (exact) mass is 436 g/mol. The van der Waals surface area contributed by atoms with Gasteiger partial charge in [-0.25, -0.2) is 0 Å². The number of ether oxygens (including phenoxy) is 3. The molecule has 0 aliphatic carbocycles. The predicted molar refractivity (Wildman–Crippen MR) is 127 cm³/mol. The van der Waals surface area contributed by atoms with Gasteiger partial charge in [0, 0.05) is 25.3 Å². The molecule has 0 spiro atoms. The van der Waals surface area contributed by atoms with E-state index in [2.05, 4.69) is 17.0 Å². The van der Waals surface area contributed by atoms with E-state index in [1.165, 1.54) is 5.56 Å². The van der Waals surface area contributed by atoms with Crippen molar-refractivity contribution in [1.82, 2.24) is 4.90 Å². The van der Waals surface area contributed by atoms with E-state index >= 15 is 0 Å². The van der Waals surface area contributed by atoms with E-state index in [0.717, 1.165) is 30.8 Å². The van der Waals surface area contributed by atoms with Crippen molar-refractivity contribution in [3.8, 4) is 17.2 Å². The summed E-state index contributed by atoms with van der Waals surface area (Å²) in [5.41, 5.74) is 8.74. The molecule has 3 rings (SSSR count). The third kappa shape index (κ3) is 7.18. The lowest BCUT2D eigenvalue weighted by atomic mass is 10.1. The van der Waals surface area contributed by atoms with Crippen LogP contribution in [0.5, 0.6) is 17.2 Å². The number of hydrogen-bond donors (Lipinski definition) is 2. The Bertz CT molecular complexity index is 948. The summed E-state index contributed by atoms with van der Waals surface area (Å²) in [7, 11) is 3.27. The van der Waals surface area contributed by atoms with Crippen LogP contribution in [0.4, 0.5) is 5.69 Å². The molecule has 0 bridgehead atoms. The summed E-state index contributed by atoms with van der Waals surface area (Å²) in [6, 6.07) is 23.4. The number of aliphatic hydroxyl groups is 1. The molecule has 0 aliphatic rings. The maximum Gasteiger partial charge on any atom is 0.160 e. The Morgan fingerprint density at radius 3 is 2.28 bits per heavy atom. The Labute approximate surface area is 190 Å². The fourth-order valence-electron chi connectivity index (χ4n) is 3.51. The van der Waals surface area contributed by atoms with Crippen LogP contribution in [-0.2, 0) is 13.0 Å². The second-order valence-corrected chi connectivity index (χ2v) is 7.69. The molecule has 0 saturated carbocycles. The van der Waals surface area contributed by atoms with Crippen molar-refractivity contribution >= 4 is 5.69 Å². The quantitative estimate of drug-likeness (QED) is 0.421. The van der Waals surface area contributed by atoms with Gasteiger partial charge in [-0.2, -0.15) is 0 Å². The second kappa shape index (κ2) is 12.0. The van der Waals surface area contributed by atoms with Crippen molar-refractivity contribution in [1.29, 1.82) is 0 Å². The topological polar surface area (TPSA) is 77.2 Å². The normalized spacial score (nSPS) is 11.9. The van der Waals surface area contributed by atoms with Crippen LogP contribution in [0.15, 0.2) is 72.8 Å². The molecule has 3 aromatic rings. The Kier molecular flexibility index (Phi) is 8.78. The number of nitrogen functional groups attached to an aromatic ring is 1. The molecule has 3 N–H and O–H groups in total. The molecule has 1 atom stereocenters. The lowest BCUT2D eigenvalue weighted by molar-refractivity contribution is 0.0659. The third-order valence-corrected chi connectivity index (χ3v) is 5.21. The van der Waals surface area contributed by atoms with Crippen LogP contribution in [0.2, 0.25) is 0 Å². The molecule has 0 saturated heterocycles. The first kappa shape index (κ1) is 23.4. The molecule has 0 radical (unpaired) electrons. The minimum atomic E-state index is -0.623. The lowest BCUT2D eigenvalue weighted by Crippen LogP contribution is -2.36. The van der Waals surface area contributed by atoms with Gasteiger partial charge in [0.2, 0.25) is 0 Å². The fourth-order valence-corrected chi connectivity index (χ4v) is 3.51. The van der Waals surface area contributed by atoms with Crippen molar-refractivity contribution in [2.24, 2.45) is 0 Å². The minimum absolute atomic E-state index is 0.214. The average Bonchev–Trinajstić information content (AvgIpc) is 2.82. The highest BCUT2D eigenvalue weighted by Gasteiger charge is 2.14. The maximum atomic E-state index is 10.6. The van der Waals surface area contributed by atoms with Crippen LogP contribution >= 0.6 is 0 Å². The van der Waals surface area contributed by atoms with Gasteiger partial charge in [-0.15, -0.1) is 0 Å². The van der Waals surface area contributed by atoms with Gasteiger partial charge >= 0.3 is 0 Å². The molecule has 32 heavy (non-hydrogen) atoms. The summed E-state index contributed by atoms with van der Waals surface area (Å²) in [4.78, 5) is 2.24. The van der Waals surface area contributed by atoms with Gasteiger partial charge in [0.05, 0.1) is 14.2 Å². The first-order valence-corrected chi connectivity index (χ1v) is 10.7. The molecule has 0 fully saturated rings. The number of nitrogens with two attached hydrogens (primary N) is 1. The summed E-state index contributed by atoms with van der Waals surface area (Å²) in [6.45, 7) is 2.24. The van der Waals surface area contributed by atoms with Gasteiger partial charge in [0.1, 0.15) is 18.5 Å². The van der Waals surface area contributed by atoms with E-state index in [9.17, 15) is 5.11 Å². The van der Waals surface area contributed by atoms with Gasteiger partial charge in [0.25, 0.3) is 0 Å². The molecule has 0 heterocycles. The van der Waals surface area contributed by atoms with Crippen LogP contribution in [0.1, 0.15) is 11.1 Å². The van der Waals surface area contributed by atoms with Crippen LogP contribution in [0, 0.1) is 0 Å². The molecule has 6 heteroatoms. The van der Waals surface area contributed by atoms with Gasteiger partial charge in [0.15, 0.2) is 11.5 Å². The number of methoxy groups -OCH3 is 2. The smallest absolute Gasteiger partial charge is 0.160 e. The molecule has 0 aliphatic heterocycles. The molecule has 1 unspecified atom stereocenters. The Morgan fingerprint density at radius 1 is 0.875 bits per heavy atom. The molecule has 0 amide bonds. The van der Waals surface area contributed by atoms with Crippen LogP contribution in [-0.4, -0.2) is 50.0 Å². The average molecular weight is 437 g/mol. The number of nitrogens with zero attached hydrogens (tertiary/aromatic N) is 1. The van der Waals surface area contributed by atoms with E-state index in [4.69, 9.17) is 19.9 Å². The molecular formula is C26H32N2O4. The zero-order valence-corrected chi connectivity index (χ0v) is 18.7. The highest BCUT2D eigenvalue weighted by Crippen LogP contribution is 2.27. The van der Waals surface area contributed by atoms with Gasteiger partial charge < -0.3 is 25.1 Å². The first-order chi connectivity index (χ1) is 15.6. The number of hydrogen-bond acceptors (Lipinski definition) is 6. The van der Waals surface area contributed by atoms with Crippen LogP contribution in [0.25, 0.3) is 0 Å². The summed E-state index contributed by atoms with van der Waals surface area (Å²) in [6.07, 6.45) is 0.195. The Hall–Kier alpha value is -3.22. The molecule has 0 aromatic heterocycles. The van der Waals surface area contributed by atoms with Gasteiger partial charge in [-0.1, -0.05) is 36.4 Å². The number of aliphatic hydroxyl groups excluding tert-OH is 1. The van der Waals surface area contributed by atoms with E-state index in [1.807, 2.05) is 36.4 Å².